The molecule has 0 saturated carbocycles. The van der Waals surface area contributed by atoms with Crippen LogP contribution in [0.15, 0.2) is 0 Å². The molecule has 0 bridgehead atoms. The molecule has 0 spiro atoms. The van der Waals surface area contributed by atoms with Crippen LogP contribution < -0.4 is 5.73 Å². The van der Waals surface area contributed by atoms with E-state index in [-0.39, 0.29) is 5.41 Å². The van der Waals surface area contributed by atoms with Gasteiger partial charge in [-0.1, -0.05) is 34.1 Å². The smallest absolute Gasteiger partial charge is 0.132 e. The second-order valence-corrected chi connectivity index (χ2v) is 6.03. The summed E-state index contributed by atoms with van der Waals surface area (Å²) in [7, 11) is 0. The van der Waals surface area contributed by atoms with Gasteiger partial charge in [-0.25, -0.2) is 0 Å². The lowest BCUT2D eigenvalue weighted by Crippen LogP contribution is -2.18. The average molecular weight is 227 g/mol. The van der Waals surface area contributed by atoms with E-state index in [9.17, 15) is 4.79 Å². The van der Waals surface area contributed by atoms with Gasteiger partial charge >= 0.3 is 0 Å². The van der Waals surface area contributed by atoms with E-state index in [4.69, 9.17) is 5.73 Å². The fraction of sp³-hybridized carbons (Fsp3) is 0.929. The Kier molecular flexibility index (Phi) is 7.65. The Hall–Kier alpha value is -0.370. The molecule has 2 heteroatoms. The van der Waals surface area contributed by atoms with Gasteiger partial charge in [0, 0.05) is 12.8 Å². The van der Waals surface area contributed by atoms with Gasteiger partial charge in [0.1, 0.15) is 5.78 Å². The summed E-state index contributed by atoms with van der Waals surface area (Å²) < 4.78 is 0. The Morgan fingerprint density at radius 2 is 1.81 bits per heavy atom. The maximum absolute atomic E-state index is 11.6. The van der Waals surface area contributed by atoms with Crippen molar-refractivity contribution >= 4 is 5.78 Å². The van der Waals surface area contributed by atoms with E-state index in [0.717, 1.165) is 38.5 Å². The molecule has 0 aromatic carbocycles. The number of nitrogens with two attached hydrogens (primary N) is 1. The van der Waals surface area contributed by atoms with Gasteiger partial charge in [0.2, 0.25) is 0 Å². The molecule has 2 nitrogen and oxygen atoms in total. The summed E-state index contributed by atoms with van der Waals surface area (Å²) in [5.41, 5.74) is 5.77. The minimum Gasteiger partial charge on any atom is -0.330 e. The van der Waals surface area contributed by atoms with Crippen molar-refractivity contribution in [3.05, 3.63) is 0 Å². The zero-order valence-electron chi connectivity index (χ0n) is 11.5. The number of carbonyl (C=O) groups is 1. The van der Waals surface area contributed by atoms with Gasteiger partial charge in [-0.2, -0.15) is 0 Å². The van der Waals surface area contributed by atoms with Crippen LogP contribution in [0, 0.1) is 11.3 Å². The second kappa shape index (κ2) is 7.83. The van der Waals surface area contributed by atoms with Crippen molar-refractivity contribution in [2.75, 3.05) is 6.54 Å². The van der Waals surface area contributed by atoms with E-state index >= 15 is 0 Å². The summed E-state index contributed by atoms with van der Waals surface area (Å²) >= 11 is 0. The Bertz CT molecular complexity index is 197. The third kappa shape index (κ3) is 8.90. The highest BCUT2D eigenvalue weighted by molar-refractivity contribution is 5.78. The molecule has 0 saturated heterocycles. The highest BCUT2D eigenvalue weighted by Crippen LogP contribution is 2.26. The second-order valence-electron chi connectivity index (χ2n) is 6.03. The zero-order chi connectivity index (χ0) is 12.6. The zero-order valence-corrected chi connectivity index (χ0v) is 11.5. The number of Topliss-reactive ketones (excluding diaryl/α,β-unsaturated/α-hetero) is 1. The average Bonchev–Trinajstić information content (AvgIpc) is 2.14. The molecule has 2 N–H and O–H groups in total. The molecule has 0 unspecified atom stereocenters. The molecule has 0 aliphatic carbocycles. The van der Waals surface area contributed by atoms with Crippen LogP contribution in [0.3, 0.4) is 0 Å². The fourth-order valence-corrected chi connectivity index (χ4v) is 1.83. The number of ketones is 1. The maximum Gasteiger partial charge on any atom is 0.132 e. The third-order valence-corrected chi connectivity index (χ3v) is 3.14. The molecule has 0 atom stereocenters. The van der Waals surface area contributed by atoms with Crippen LogP contribution in [0.1, 0.15) is 66.2 Å². The van der Waals surface area contributed by atoms with Crippen molar-refractivity contribution in [3.8, 4) is 0 Å². The first-order valence-corrected chi connectivity index (χ1v) is 6.59. The largest absolute Gasteiger partial charge is 0.330 e. The normalized spacial score (nSPS) is 12.1. The van der Waals surface area contributed by atoms with Crippen LogP contribution >= 0.6 is 0 Å². The first-order valence-electron chi connectivity index (χ1n) is 6.59. The van der Waals surface area contributed by atoms with Crippen molar-refractivity contribution in [2.45, 2.75) is 66.2 Å². The lowest BCUT2D eigenvalue weighted by Gasteiger charge is -2.23. The van der Waals surface area contributed by atoms with E-state index in [1.807, 2.05) is 0 Å². The Balaban J connectivity index is 3.64. The molecule has 0 aromatic rings. The molecular formula is C14H29NO. The lowest BCUT2D eigenvalue weighted by atomic mass is 9.83. The van der Waals surface area contributed by atoms with Crippen molar-refractivity contribution in [1.82, 2.24) is 0 Å². The molecule has 0 rings (SSSR count). The van der Waals surface area contributed by atoms with Crippen molar-refractivity contribution in [1.29, 1.82) is 0 Å². The van der Waals surface area contributed by atoms with Gasteiger partial charge in [0.25, 0.3) is 0 Å². The van der Waals surface area contributed by atoms with Crippen molar-refractivity contribution in [2.24, 2.45) is 17.1 Å². The topological polar surface area (TPSA) is 43.1 Å². The van der Waals surface area contributed by atoms with Crippen LogP contribution in [-0.4, -0.2) is 12.3 Å². The highest BCUT2D eigenvalue weighted by Gasteiger charge is 2.17. The number of hydrogen-bond acceptors (Lipinski definition) is 2. The van der Waals surface area contributed by atoms with E-state index in [2.05, 4.69) is 27.7 Å². The minimum atomic E-state index is 0.225. The summed E-state index contributed by atoms with van der Waals surface area (Å²) in [6.07, 6.45) is 5.69. The molecular weight excluding hydrogens is 198 g/mol. The highest BCUT2D eigenvalue weighted by atomic mass is 16.1. The third-order valence-electron chi connectivity index (χ3n) is 3.14. The number of hydrogen-bond donors (Lipinski definition) is 1. The van der Waals surface area contributed by atoms with E-state index in [1.54, 1.807) is 0 Å². The van der Waals surface area contributed by atoms with Crippen molar-refractivity contribution in [3.63, 3.8) is 0 Å². The molecule has 0 aliphatic heterocycles. The summed E-state index contributed by atoms with van der Waals surface area (Å²) in [6, 6.07) is 0. The van der Waals surface area contributed by atoms with Gasteiger partial charge in [0.05, 0.1) is 0 Å². The molecule has 0 aromatic heterocycles. The molecule has 16 heavy (non-hydrogen) atoms. The quantitative estimate of drug-likeness (QED) is 0.654. The predicted molar refractivity (Wildman–Crippen MR) is 70.4 cm³/mol. The van der Waals surface area contributed by atoms with E-state index in [1.165, 1.54) is 0 Å². The van der Waals surface area contributed by atoms with Crippen LogP contribution in [-0.2, 0) is 4.79 Å². The van der Waals surface area contributed by atoms with Crippen LogP contribution in [0.25, 0.3) is 0 Å². The summed E-state index contributed by atoms with van der Waals surface area (Å²) in [5.74, 6) is 1.13. The molecule has 0 amide bonds. The maximum atomic E-state index is 11.6. The van der Waals surface area contributed by atoms with Crippen molar-refractivity contribution < 1.29 is 4.79 Å². The standard InChI is InChI=1S/C14H29NO/c1-12(2)6-5-7-13(16)8-9-14(3,4)10-11-15/h12H,5-11,15H2,1-4H3. The molecule has 96 valence electrons. The lowest BCUT2D eigenvalue weighted by molar-refractivity contribution is -0.119. The number of rotatable bonds is 9. The first kappa shape index (κ1) is 15.6. The van der Waals surface area contributed by atoms with Gasteiger partial charge in [0.15, 0.2) is 0 Å². The van der Waals surface area contributed by atoms with Gasteiger partial charge in [-0.15, -0.1) is 0 Å². The summed E-state index contributed by atoms with van der Waals surface area (Å²) in [4.78, 5) is 11.6. The predicted octanol–water partition coefficient (Wildman–Crippen LogP) is 3.54. The number of carbonyl (C=O) groups excluding carboxylic acids is 1. The van der Waals surface area contributed by atoms with E-state index in [0.29, 0.717) is 18.2 Å². The van der Waals surface area contributed by atoms with Gasteiger partial charge in [-0.3, -0.25) is 4.79 Å². The monoisotopic (exact) mass is 227 g/mol. The first-order chi connectivity index (χ1) is 7.37. The Morgan fingerprint density at radius 1 is 1.19 bits per heavy atom. The molecule has 0 heterocycles. The minimum absolute atomic E-state index is 0.225. The molecule has 0 aliphatic rings. The van der Waals surface area contributed by atoms with Gasteiger partial charge in [-0.05, 0) is 37.1 Å². The SMILES string of the molecule is CC(C)CCCC(=O)CCC(C)(C)CCN. The summed E-state index contributed by atoms with van der Waals surface area (Å²) in [6.45, 7) is 9.51. The summed E-state index contributed by atoms with van der Waals surface area (Å²) in [5, 5.41) is 0. The van der Waals surface area contributed by atoms with Crippen LogP contribution in [0.4, 0.5) is 0 Å². The van der Waals surface area contributed by atoms with Crippen LogP contribution in [0.2, 0.25) is 0 Å². The Morgan fingerprint density at radius 3 is 2.31 bits per heavy atom. The van der Waals surface area contributed by atoms with E-state index < -0.39 is 0 Å². The van der Waals surface area contributed by atoms with Crippen LogP contribution in [0.5, 0.6) is 0 Å². The fourth-order valence-electron chi connectivity index (χ4n) is 1.83. The Labute approximate surface area is 101 Å². The molecule has 0 fully saturated rings. The molecule has 0 radical (unpaired) electrons. The van der Waals surface area contributed by atoms with Gasteiger partial charge < -0.3 is 5.73 Å².